The van der Waals surface area contributed by atoms with Crippen molar-refractivity contribution in [3.63, 3.8) is 0 Å². The Kier molecular flexibility index (Phi) is 4.68. The molecule has 0 amide bonds. The summed E-state index contributed by atoms with van der Waals surface area (Å²) in [5.74, 6) is 0. The Morgan fingerprint density at radius 3 is 1.12 bits per heavy atom. The molecule has 0 nitrogen and oxygen atoms in total. The van der Waals surface area contributed by atoms with E-state index in [-0.39, 0.29) is 0 Å². The van der Waals surface area contributed by atoms with E-state index < -0.39 is 0 Å². The quantitative estimate of drug-likeness (QED) is 0.213. The molecule has 0 heterocycles. The van der Waals surface area contributed by atoms with E-state index in [0.29, 0.717) is 0 Å². The highest BCUT2D eigenvalue weighted by molar-refractivity contribution is 6.13. The van der Waals surface area contributed by atoms with Crippen LogP contribution in [0, 0.1) is 83.1 Å². The second-order valence-corrected chi connectivity index (χ2v) is 10.9. The van der Waals surface area contributed by atoms with Crippen LogP contribution in [0.25, 0.3) is 32.7 Å². The molecule has 4 aromatic rings. The predicted molar refractivity (Wildman–Crippen MR) is 147 cm³/mol. The van der Waals surface area contributed by atoms with Gasteiger partial charge in [-0.2, -0.15) is 0 Å². The SMILES string of the molecule is Cc1c(C)c(C)c2c(c1C)Cc1c-2c(C)c2c(C)c3c(C)c(C)c(C)c(C)c3c(C)c2c1C. The van der Waals surface area contributed by atoms with Crippen LogP contribution in [0.3, 0.4) is 0 Å². The Hall–Kier alpha value is -2.60. The van der Waals surface area contributed by atoms with Crippen LogP contribution in [0.2, 0.25) is 0 Å². The van der Waals surface area contributed by atoms with Crippen molar-refractivity contribution in [1.82, 2.24) is 0 Å². The molecule has 0 saturated heterocycles. The molecule has 1 aliphatic carbocycles. The van der Waals surface area contributed by atoms with E-state index in [2.05, 4.69) is 83.1 Å². The van der Waals surface area contributed by atoms with Gasteiger partial charge in [-0.1, -0.05) is 0 Å². The number of rotatable bonds is 0. The maximum Gasteiger partial charge on any atom is -0.000766 e. The molecule has 0 atom stereocenters. The summed E-state index contributed by atoms with van der Waals surface area (Å²) < 4.78 is 0. The van der Waals surface area contributed by atoms with Gasteiger partial charge in [0.2, 0.25) is 0 Å². The number of aryl methyl sites for hydroxylation is 6. The summed E-state index contributed by atoms with van der Waals surface area (Å²) in [4.78, 5) is 0. The highest BCUT2D eigenvalue weighted by Gasteiger charge is 2.30. The monoisotopic (exact) mass is 434 g/mol. The van der Waals surface area contributed by atoms with E-state index >= 15 is 0 Å². The van der Waals surface area contributed by atoms with Crippen LogP contribution in [0.5, 0.6) is 0 Å². The van der Waals surface area contributed by atoms with Crippen molar-refractivity contribution in [3.05, 3.63) is 77.9 Å². The topological polar surface area (TPSA) is 0 Å². The molecule has 0 saturated carbocycles. The van der Waals surface area contributed by atoms with Gasteiger partial charge in [0.25, 0.3) is 0 Å². The fourth-order valence-corrected chi connectivity index (χ4v) is 7.19. The van der Waals surface area contributed by atoms with Crippen molar-refractivity contribution >= 4 is 21.5 Å². The average Bonchev–Trinajstić information content (AvgIpc) is 3.19. The molecule has 0 aromatic heterocycles. The first-order valence-electron chi connectivity index (χ1n) is 12.5. The lowest BCUT2D eigenvalue weighted by Crippen LogP contribution is -2.03. The number of hydrogen-bond donors (Lipinski definition) is 0. The van der Waals surface area contributed by atoms with Gasteiger partial charge in [-0.25, -0.2) is 0 Å². The molecule has 0 unspecified atom stereocenters. The van der Waals surface area contributed by atoms with Crippen LogP contribution >= 0.6 is 0 Å². The molecule has 0 fully saturated rings. The Morgan fingerprint density at radius 1 is 0.273 bits per heavy atom. The summed E-state index contributed by atoms with van der Waals surface area (Å²) in [7, 11) is 0. The van der Waals surface area contributed by atoms with Crippen LogP contribution < -0.4 is 0 Å². The van der Waals surface area contributed by atoms with Gasteiger partial charge in [-0.3, -0.25) is 0 Å². The summed E-state index contributed by atoms with van der Waals surface area (Å²) in [5.41, 5.74) is 23.8. The zero-order valence-electron chi connectivity index (χ0n) is 22.7. The van der Waals surface area contributed by atoms with Crippen molar-refractivity contribution in [2.75, 3.05) is 0 Å². The zero-order valence-corrected chi connectivity index (χ0v) is 22.7. The van der Waals surface area contributed by atoms with Crippen LogP contribution in [0.1, 0.15) is 77.9 Å². The lowest BCUT2D eigenvalue weighted by atomic mass is 9.79. The second-order valence-electron chi connectivity index (χ2n) is 10.9. The molecular formula is C33H38. The highest BCUT2D eigenvalue weighted by Crippen LogP contribution is 2.51. The molecule has 1 aliphatic rings. The fraction of sp³-hybridized carbons (Fsp3) is 0.394. The summed E-state index contributed by atoms with van der Waals surface area (Å²) in [5, 5.41) is 5.95. The van der Waals surface area contributed by atoms with Gasteiger partial charge >= 0.3 is 0 Å². The van der Waals surface area contributed by atoms with E-state index in [4.69, 9.17) is 0 Å². The van der Waals surface area contributed by atoms with Gasteiger partial charge in [-0.15, -0.1) is 0 Å². The Balaban J connectivity index is 2.07. The first-order chi connectivity index (χ1) is 15.4. The minimum atomic E-state index is 1.07. The second kappa shape index (κ2) is 6.95. The third-order valence-electron chi connectivity index (χ3n) is 9.74. The largest absolute Gasteiger partial charge is 0.0447 e. The van der Waals surface area contributed by atoms with E-state index in [9.17, 15) is 0 Å². The van der Waals surface area contributed by atoms with Gasteiger partial charge in [0.15, 0.2) is 0 Å². The molecule has 0 spiro atoms. The fourth-order valence-electron chi connectivity index (χ4n) is 7.19. The molecule has 0 radical (unpaired) electrons. The molecule has 0 N–H and O–H groups in total. The number of benzene rings is 4. The van der Waals surface area contributed by atoms with Crippen molar-refractivity contribution in [1.29, 1.82) is 0 Å². The van der Waals surface area contributed by atoms with Gasteiger partial charge in [0.05, 0.1) is 0 Å². The summed E-state index contributed by atoms with van der Waals surface area (Å²) >= 11 is 0. The lowest BCUT2D eigenvalue weighted by Gasteiger charge is -2.24. The van der Waals surface area contributed by atoms with Gasteiger partial charge in [0.1, 0.15) is 0 Å². The summed E-state index contributed by atoms with van der Waals surface area (Å²) in [6, 6.07) is 0. The van der Waals surface area contributed by atoms with Crippen LogP contribution in [-0.4, -0.2) is 0 Å². The molecule has 0 heteroatoms. The van der Waals surface area contributed by atoms with Crippen molar-refractivity contribution in [2.24, 2.45) is 0 Å². The number of fused-ring (bicyclic) bond motifs is 5. The molecule has 33 heavy (non-hydrogen) atoms. The van der Waals surface area contributed by atoms with E-state index in [1.54, 1.807) is 11.1 Å². The highest BCUT2D eigenvalue weighted by atomic mass is 14.3. The van der Waals surface area contributed by atoms with Crippen molar-refractivity contribution in [2.45, 2.75) is 89.5 Å². The van der Waals surface area contributed by atoms with Gasteiger partial charge in [-0.05, 0) is 200 Å². The van der Waals surface area contributed by atoms with Crippen LogP contribution in [0.15, 0.2) is 0 Å². The first kappa shape index (κ1) is 22.2. The van der Waals surface area contributed by atoms with E-state index in [0.717, 1.165) is 6.42 Å². The molecule has 5 rings (SSSR count). The Bertz CT molecular complexity index is 1570. The third-order valence-corrected chi connectivity index (χ3v) is 9.74. The summed E-state index contributed by atoms with van der Waals surface area (Å²) in [6.45, 7) is 28.0. The number of hydrogen-bond acceptors (Lipinski definition) is 0. The third kappa shape index (κ3) is 2.53. The van der Waals surface area contributed by atoms with Crippen molar-refractivity contribution in [3.8, 4) is 11.1 Å². The van der Waals surface area contributed by atoms with Crippen molar-refractivity contribution < 1.29 is 0 Å². The molecular weight excluding hydrogens is 396 g/mol. The molecule has 4 aromatic carbocycles. The Morgan fingerprint density at radius 2 is 0.606 bits per heavy atom. The average molecular weight is 435 g/mol. The van der Waals surface area contributed by atoms with Crippen LogP contribution in [0.4, 0.5) is 0 Å². The smallest absolute Gasteiger partial charge is 0.000766 e. The van der Waals surface area contributed by atoms with Crippen LogP contribution in [-0.2, 0) is 6.42 Å². The first-order valence-corrected chi connectivity index (χ1v) is 12.5. The minimum Gasteiger partial charge on any atom is -0.0447 e. The summed E-state index contributed by atoms with van der Waals surface area (Å²) in [6.07, 6.45) is 1.07. The zero-order chi connectivity index (χ0) is 24.3. The van der Waals surface area contributed by atoms with E-state index in [1.807, 2.05) is 0 Å². The molecule has 0 aliphatic heterocycles. The molecule has 0 bridgehead atoms. The standard InChI is InChI=1S/C33H38/c1-14-15(2)21(8)32-26(18(14)5)13-27-22(9)30-23(10)28-19(6)16(3)17(4)20(7)29(28)24(11)31(30)25(12)33(27)32/h13H2,1-12H3. The van der Waals surface area contributed by atoms with E-state index in [1.165, 1.54) is 99.4 Å². The normalized spacial score (nSPS) is 12.7. The molecule has 170 valence electrons. The van der Waals surface area contributed by atoms with Gasteiger partial charge in [0, 0.05) is 0 Å². The Labute approximate surface area is 200 Å². The van der Waals surface area contributed by atoms with Gasteiger partial charge < -0.3 is 0 Å². The maximum atomic E-state index is 2.39. The maximum absolute atomic E-state index is 2.39. The predicted octanol–water partition coefficient (Wildman–Crippen LogP) is 9.27. The lowest BCUT2D eigenvalue weighted by molar-refractivity contribution is 1.14. The minimum absolute atomic E-state index is 1.07.